The lowest BCUT2D eigenvalue weighted by Crippen LogP contribution is -2.50. The Kier molecular flexibility index (Phi) is 6.21. The Balaban J connectivity index is 2.01. The van der Waals surface area contributed by atoms with E-state index >= 15 is 0 Å². The Morgan fingerprint density at radius 1 is 1.33 bits per heavy atom. The molecule has 4 nitrogen and oxygen atoms in total. The number of likely N-dealkylation sites (N-methyl/N-ethyl adjacent to an activating group) is 2. The number of hydrogen-bond acceptors (Lipinski definition) is 3. The number of anilines is 1. The highest BCUT2D eigenvalue weighted by Crippen LogP contribution is 2.18. The maximum Gasteiger partial charge on any atom is 0.241 e. The average Bonchev–Trinajstić information content (AvgIpc) is 2.51. The van der Waals surface area contributed by atoms with Crippen molar-refractivity contribution in [2.45, 2.75) is 32.2 Å². The molecule has 1 amide bonds. The molecule has 0 saturated carbocycles. The van der Waals surface area contributed by atoms with E-state index in [2.05, 4.69) is 10.2 Å². The summed E-state index contributed by atoms with van der Waals surface area (Å²) in [5.74, 6) is 0.201. The van der Waals surface area contributed by atoms with Crippen molar-refractivity contribution in [1.82, 2.24) is 10.2 Å². The van der Waals surface area contributed by atoms with E-state index in [0.29, 0.717) is 19.1 Å². The monoisotopic (exact) mass is 289 g/mol. The molecule has 1 fully saturated rings. The number of carbonyl (C=O) groups is 1. The van der Waals surface area contributed by atoms with Gasteiger partial charge in [0, 0.05) is 24.8 Å². The van der Waals surface area contributed by atoms with E-state index in [1.807, 2.05) is 49.2 Å². The highest BCUT2D eigenvalue weighted by molar-refractivity contribution is 5.94. The number of piperidine rings is 1. The minimum absolute atomic E-state index is 0.201. The molecule has 0 spiro atoms. The third-order valence-corrected chi connectivity index (χ3v) is 4.21. The standard InChI is InChI=1S/C17H27N3O/c1-3-20(15-9-5-4-6-10-15)17(21)14-19-12-8-7-11-16(19)13-18-2/h4-6,9-10,16,18H,3,7-8,11-14H2,1-2H3. The third-order valence-electron chi connectivity index (χ3n) is 4.21. The smallest absolute Gasteiger partial charge is 0.241 e. The number of likely N-dealkylation sites (tertiary alicyclic amines) is 1. The first-order valence-corrected chi connectivity index (χ1v) is 8.00. The van der Waals surface area contributed by atoms with E-state index < -0.39 is 0 Å². The summed E-state index contributed by atoms with van der Waals surface area (Å²) in [6.07, 6.45) is 3.66. The maximum atomic E-state index is 12.7. The predicted octanol–water partition coefficient (Wildman–Crippen LogP) is 2.11. The molecule has 1 aliphatic rings. The molecule has 0 bridgehead atoms. The number of hydrogen-bond donors (Lipinski definition) is 1. The molecule has 2 rings (SSSR count). The second kappa shape index (κ2) is 8.15. The van der Waals surface area contributed by atoms with Gasteiger partial charge in [-0.15, -0.1) is 0 Å². The molecule has 1 atom stereocenters. The van der Waals surface area contributed by atoms with Crippen LogP contribution in [0.4, 0.5) is 5.69 Å². The van der Waals surface area contributed by atoms with Gasteiger partial charge in [0.15, 0.2) is 0 Å². The van der Waals surface area contributed by atoms with E-state index in [0.717, 1.165) is 18.8 Å². The minimum Gasteiger partial charge on any atom is -0.318 e. The fourth-order valence-corrected chi connectivity index (χ4v) is 3.10. The normalized spacial score (nSPS) is 19.4. The van der Waals surface area contributed by atoms with Crippen LogP contribution in [-0.4, -0.2) is 50.1 Å². The molecule has 1 aliphatic heterocycles. The molecule has 1 unspecified atom stereocenters. The van der Waals surface area contributed by atoms with Crippen molar-refractivity contribution < 1.29 is 4.79 Å². The molecule has 1 heterocycles. The Hall–Kier alpha value is -1.39. The zero-order valence-electron chi connectivity index (χ0n) is 13.2. The molecule has 0 aromatic heterocycles. The van der Waals surface area contributed by atoms with Gasteiger partial charge in [-0.1, -0.05) is 24.6 Å². The number of carbonyl (C=O) groups excluding carboxylic acids is 1. The number of rotatable bonds is 6. The van der Waals surface area contributed by atoms with Crippen molar-refractivity contribution in [2.75, 3.05) is 38.1 Å². The van der Waals surface area contributed by atoms with Gasteiger partial charge in [0.1, 0.15) is 0 Å². The average molecular weight is 289 g/mol. The minimum atomic E-state index is 0.201. The molecule has 1 saturated heterocycles. The van der Waals surface area contributed by atoms with Crippen LogP contribution in [0.5, 0.6) is 0 Å². The van der Waals surface area contributed by atoms with Crippen LogP contribution in [0.25, 0.3) is 0 Å². The van der Waals surface area contributed by atoms with Gasteiger partial charge in [-0.2, -0.15) is 0 Å². The second-order valence-corrected chi connectivity index (χ2v) is 5.65. The largest absolute Gasteiger partial charge is 0.318 e. The Labute approximate surface area is 128 Å². The van der Waals surface area contributed by atoms with E-state index in [4.69, 9.17) is 0 Å². The van der Waals surface area contributed by atoms with E-state index in [-0.39, 0.29) is 5.91 Å². The maximum absolute atomic E-state index is 12.7. The number of nitrogens with zero attached hydrogens (tertiary/aromatic N) is 2. The van der Waals surface area contributed by atoms with Crippen molar-refractivity contribution in [2.24, 2.45) is 0 Å². The van der Waals surface area contributed by atoms with E-state index in [1.165, 1.54) is 19.3 Å². The lowest BCUT2D eigenvalue weighted by molar-refractivity contribution is -0.120. The third kappa shape index (κ3) is 4.29. The molecule has 1 aromatic carbocycles. The van der Waals surface area contributed by atoms with Crippen molar-refractivity contribution >= 4 is 11.6 Å². The van der Waals surface area contributed by atoms with E-state index in [9.17, 15) is 4.79 Å². The van der Waals surface area contributed by atoms with Crippen LogP contribution in [0.2, 0.25) is 0 Å². The highest BCUT2D eigenvalue weighted by Gasteiger charge is 2.25. The summed E-state index contributed by atoms with van der Waals surface area (Å²) in [7, 11) is 1.98. The molecule has 1 aromatic rings. The van der Waals surface area contributed by atoms with Crippen LogP contribution in [0.1, 0.15) is 26.2 Å². The number of nitrogens with one attached hydrogen (secondary N) is 1. The lowest BCUT2D eigenvalue weighted by Gasteiger charge is -2.36. The summed E-state index contributed by atoms with van der Waals surface area (Å²) < 4.78 is 0. The Morgan fingerprint density at radius 3 is 2.76 bits per heavy atom. The van der Waals surface area contributed by atoms with Crippen LogP contribution in [0.3, 0.4) is 0 Å². The number of para-hydroxylation sites is 1. The van der Waals surface area contributed by atoms with Crippen LogP contribution in [0.15, 0.2) is 30.3 Å². The predicted molar refractivity (Wildman–Crippen MR) is 87.6 cm³/mol. The lowest BCUT2D eigenvalue weighted by atomic mass is 10.0. The Morgan fingerprint density at radius 2 is 2.10 bits per heavy atom. The SMILES string of the molecule is CCN(C(=O)CN1CCCCC1CNC)c1ccccc1. The van der Waals surface area contributed by atoms with Gasteiger partial charge >= 0.3 is 0 Å². The van der Waals surface area contributed by atoms with Gasteiger partial charge < -0.3 is 10.2 Å². The molecular formula is C17H27N3O. The van der Waals surface area contributed by atoms with Crippen LogP contribution in [-0.2, 0) is 4.79 Å². The first-order valence-electron chi connectivity index (χ1n) is 8.00. The van der Waals surface area contributed by atoms with Crippen molar-refractivity contribution in [3.8, 4) is 0 Å². The van der Waals surface area contributed by atoms with Gasteiger partial charge in [0.05, 0.1) is 6.54 Å². The molecule has 116 valence electrons. The summed E-state index contributed by atoms with van der Waals surface area (Å²) in [5, 5.41) is 3.25. The molecular weight excluding hydrogens is 262 g/mol. The van der Waals surface area contributed by atoms with Gasteiger partial charge in [0.25, 0.3) is 0 Å². The fourth-order valence-electron chi connectivity index (χ4n) is 3.10. The molecule has 4 heteroatoms. The molecule has 1 N–H and O–H groups in total. The van der Waals surface area contributed by atoms with Gasteiger partial charge in [0.2, 0.25) is 5.91 Å². The van der Waals surface area contributed by atoms with Crippen molar-refractivity contribution in [3.63, 3.8) is 0 Å². The molecule has 0 radical (unpaired) electrons. The topological polar surface area (TPSA) is 35.6 Å². The second-order valence-electron chi connectivity index (χ2n) is 5.65. The van der Waals surface area contributed by atoms with Crippen LogP contribution >= 0.6 is 0 Å². The Bertz CT molecular complexity index is 433. The van der Waals surface area contributed by atoms with Gasteiger partial charge in [-0.25, -0.2) is 0 Å². The quantitative estimate of drug-likeness (QED) is 0.871. The first-order chi connectivity index (χ1) is 10.3. The zero-order valence-corrected chi connectivity index (χ0v) is 13.2. The zero-order chi connectivity index (χ0) is 15.1. The summed E-state index contributed by atoms with van der Waals surface area (Å²) in [6.45, 7) is 5.27. The molecule has 21 heavy (non-hydrogen) atoms. The summed E-state index contributed by atoms with van der Waals surface area (Å²) >= 11 is 0. The fraction of sp³-hybridized carbons (Fsp3) is 0.588. The van der Waals surface area contributed by atoms with Crippen LogP contribution in [0, 0.1) is 0 Å². The first kappa shape index (κ1) is 16.0. The van der Waals surface area contributed by atoms with E-state index in [1.54, 1.807) is 0 Å². The van der Waals surface area contributed by atoms with Gasteiger partial charge in [-0.3, -0.25) is 9.69 Å². The van der Waals surface area contributed by atoms with Crippen molar-refractivity contribution in [1.29, 1.82) is 0 Å². The highest BCUT2D eigenvalue weighted by atomic mass is 16.2. The summed E-state index contributed by atoms with van der Waals surface area (Å²) in [4.78, 5) is 16.9. The number of amides is 1. The van der Waals surface area contributed by atoms with Crippen molar-refractivity contribution in [3.05, 3.63) is 30.3 Å². The number of benzene rings is 1. The van der Waals surface area contributed by atoms with Gasteiger partial charge in [-0.05, 0) is 45.5 Å². The van der Waals surface area contributed by atoms with Crippen LogP contribution < -0.4 is 10.2 Å². The summed E-state index contributed by atoms with van der Waals surface area (Å²) in [6, 6.07) is 10.4. The summed E-state index contributed by atoms with van der Waals surface area (Å²) in [5.41, 5.74) is 0.993. The molecule has 0 aliphatic carbocycles.